The van der Waals surface area contributed by atoms with Crippen molar-refractivity contribution in [2.45, 2.75) is 24.7 Å². The van der Waals surface area contributed by atoms with Crippen LogP contribution in [0.15, 0.2) is 30.3 Å². The molecule has 0 bridgehead atoms. The van der Waals surface area contributed by atoms with Gasteiger partial charge in [0.2, 0.25) is 0 Å². The highest BCUT2D eigenvalue weighted by molar-refractivity contribution is 7.99. The molecule has 0 aromatic heterocycles. The van der Waals surface area contributed by atoms with E-state index in [9.17, 15) is 4.79 Å². The molecular weight excluding hydrogens is 246 g/mol. The molecule has 1 aromatic carbocycles. The number of hydrogen-bond donors (Lipinski definition) is 2. The number of amides is 1. The predicted molar refractivity (Wildman–Crippen MR) is 75.3 cm³/mol. The molecule has 1 heterocycles. The van der Waals surface area contributed by atoms with Crippen LogP contribution in [0.1, 0.15) is 24.8 Å². The summed E-state index contributed by atoms with van der Waals surface area (Å²) < 4.78 is 0. The lowest BCUT2D eigenvalue weighted by atomic mass is 9.73. The normalized spacial score (nSPS) is 18.2. The van der Waals surface area contributed by atoms with Crippen LogP contribution in [0.3, 0.4) is 0 Å². The zero-order chi connectivity index (χ0) is 12.8. The summed E-state index contributed by atoms with van der Waals surface area (Å²) in [5.41, 5.74) is 1.52. The van der Waals surface area contributed by atoms with Gasteiger partial charge < -0.3 is 10.4 Å². The molecule has 1 aliphatic rings. The van der Waals surface area contributed by atoms with Crippen molar-refractivity contribution < 1.29 is 9.90 Å². The van der Waals surface area contributed by atoms with E-state index in [-0.39, 0.29) is 5.41 Å². The van der Waals surface area contributed by atoms with Crippen molar-refractivity contribution >= 4 is 17.9 Å². The fourth-order valence-corrected chi connectivity index (χ4v) is 3.92. The van der Waals surface area contributed by atoms with E-state index in [0.29, 0.717) is 6.54 Å². The van der Waals surface area contributed by atoms with E-state index in [0.717, 1.165) is 19.3 Å². The number of carbonyl (C=O) groups is 1. The molecule has 2 N–H and O–H groups in total. The van der Waals surface area contributed by atoms with Crippen LogP contribution >= 0.6 is 11.8 Å². The Morgan fingerprint density at radius 2 is 1.94 bits per heavy atom. The first-order valence-electron chi connectivity index (χ1n) is 6.33. The van der Waals surface area contributed by atoms with Crippen LogP contribution in [0.5, 0.6) is 0 Å². The van der Waals surface area contributed by atoms with Crippen LogP contribution in [0.25, 0.3) is 0 Å². The van der Waals surface area contributed by atoms with Crippen molar-refractivity contribution in [2.75, 3.05) is 18.1 Å². The summed E-state index contributed by atoms with van der Waals surface area (Å²) in [5.74, 6) is 2.34. The average molecular weight is 265 g/mol. The number of carboxylic acid groups (broad SMARTS) is 1. The molecule has 0 radical (unpaired) electrons. The largest absolute Gasteiger partial charge is 0.465 e. The van der Waals surface area contributed by atoms with Gasteiger partial charge in [-0.3, -0.25) is 0 Å². The molecule has 4 heteroatoms. The summed E-state index contributed by atoms with van der Waals surface area (Å²) in [7, 11) is 0. The van der Waals surface area contributed by atoms with Gasteiger partial charge in [-0.05, 0) is 41.7 Å². The van der Waals surface area contributed by atoms with E-state index in [2.05, 4.69) is 29.6 Å². The number of rotatable bonds is 4. The Morgan fingerprint density at radius 1 is 1.28 bits per heavy atom. The first kappa shape index (κ1) is 13.3. The summed E-state index contributed by atoms with van der Waals surface area (Å²) in [4.78, 5) is 10.6. The zero-order valence-corrected chi connectivity index (χ0v) is 11.2. The first-order chi connectivity index (χ1) is 8.73. The Labute approximate surface area is 112 Å². The summed E-state index contributed by atoms with van der Waals surface area (Å²) in [6, 6.07) is 10.5. The topological polar surface area (TPSA) is 49.3 Å². The van der Waals surface area contributed by atoms with E-state index >= 15 is 0 Å². The number of hydrogen-bond acceptors (Lipinski definition) is 2. The van der Waals surface area contributed by atoms with Gasteiger partial charge in [0.15, 0.2) is 0 Å². The van der Waals surface area contributed by atoms with Gasteiger partial charge in [0.1, 0.15) is 0 Å². The Balaban J connectivity index is 2.10. The van der Waals surface area contributed by atoms with Gasteiger partial charge in [0, 0.05) is 6.54 Å². The van der Waals surface area contributed by atoms with E-state index in [1.54, 1.807) is 0 Å². The lowest BCUT2D eigenvalue weighted by Gasteiger charge is -2.37. The molecule has 0 saturated carbocycles. The molecule has 1 aliphatic heterocycles. The molecule has 0 unspecified atom stereocenters. The third kappa shape index (κ3) is 3.19. The average Bonchev–Trinajstić information content (AvgIpc) is 2.40. The monoisotopic (exact) mass is 265 g/mol. The van der Waals surface area contributed by atoms with Crippen LogP contribution < -0.4 is 5.32 Å². The highest BCUT2D eigenvalue weighted by atomic mass is 32.2. The number of nitrogens with one attached hydrogen (secondary N) is 1. The molecule has 1 fully saturated rings. The van der Waals surface area contributed by atoms with Gasteiger partial charge in [-0.25, -0.2) is 4.79 Å². The molecule has 0 aliphatic carbocycles. The van der Waals surface area contributed by atoms with Gasteiger partial charge in [-0.2, -0.15) is 11.8 Å². The molecule has 1 aromatic rings. The molecule has 1 saturated heterocycles. The number of benzene rings is 1. The molecule has 3 nitrogen and oxygen atoms in total. The minimum absolute atomic E-state index is 0.162. The lowest BCUT2D eigenvalue weighted by Crippen LogP contribution is -2.35. The van der Waals surface area contributed by atoms with Gasteiger partial charge in [-0.1, -0.05) is 30.3 Å². The molecule has 98 valence electrons. The van der Waals surface area contributed by atoms with Crippen molar-refractivity contribution in [1.29, 1.82) is 0 Å². The second-order valence-corrected chi connectivity index (χ2v) is 5.97. The molecule has 0 atom stereocenters. The second kappa shape index (κ2) is 6.14. The predicted octanol–water partition coefficient (Wildman–Crippen LogP) is 3.11. The van der Waals surface area contributed by atoms with Crippen molar-refractivity contribution in [1.82, 2.24) is 5.32 Å². The summed E-state index contributed by atoms with van der Waals surface area (Å²) in [5, 5.41) is 11.2. The standard InChI is InChI=1S/C14H19NO2S/c16-13(17)15-9-6-14(7-10-18-11-8-14)12-4-2-1-3-5-12/h1-5,15H,6-11H2,(H,16,17). The molecule has 2 rings (SSSR count). The first-order valence-corrected chi connectivity index (χ1v) is 7.48. The van der Waals surface area contributed by atoms with E-state index in [1.165, 1.54) is 17.1 Å². The quantitative estimate of drug-likeness (QED) is 0.879. The maximum atomic E-state index is 10.6. The van der Waals surface area contributed by atoms with Gasteiger partial charge in [-0.15, -0.1) is 0 Å². The minimum Gasteiger partial charge on any atom is -0.465 e. The third-order valence-corrected chi connectivity index (χ3v) is 4.70. The Morgan fingerprint density at radius 3 is 2.56 bits per heavy atom. The summed E-state index contributed by atoms with van der Waals surface area (Å²) >= 11 is 1.99. The Kier molecular flexibility index (Phi) is 4.53. The summed E-state index contributed by atoms with van der Waals surface area (Å²) in [6.45, 7) is 0.537. The fraction of sp³-hybridized carbons (Fsp3) is 0.500. The highest BCUT2D eigenvalue weighted by Crippen LogP contribution is 2.40. The maximum absolute atomic E-state index is 10.6. The summed E-state index contributed by atoms with van der Waals surface area (Å²) in [6.07, 6.45) is 2.25. The van der Waals surface area contributed by atoms with Gasteiger partial charge >= 0.3 is 6.09 Å². The van der Waals surface area contributed by atoms with Crippen molar-refractivity contribution in [3.05, 3.63) is 35.9 Å². The van der Waals surface area contributed by atoms with Crippen molar-refractivity contribution in [3.8, 4) is 0 Å². The smallest absolute Gasteiger partial charge is 0.404 e. The Hall–Kier alpha value is -1.16. The van der Waals surface area contributed by atoms with Crippen molar-refractivity contribution in [2.24, 2.45) is 0 Å². The van der Waals surface area contributed by atoms with Crippen LogP contribution in [-0.4, -0.2) is 29.3 Å². The molecule has 1 amide bonds. The van der Waals surface area contributed by atoms with E-state index < -0.39 is 6.09 Å². The zero-order valence-electron chi connectivity index (χ0n) is 10.4. The fourth-order valence-electron chi connectivity index (χ4n) is 2.65. The lowest BCUT2D eigenvalue weighted by molar-refractivity contribution is 0.192. The van der Waals surface area contributed by atoms with Crippen LogP contribution in [0.2, 0.25) is 0 Å². The SMILES string of the molecule is O=C(O)NCCC1(c2ccccc2)CCSCC1. The van der Waals surface area contributed by atoms with Crippen LogP contribution in [0.4, 0.5) is 4.79 Å². The number of thioether (sulfide) groups is 1. The van der Waals surface area contributed by atoms with Gasteiger partial charge in [0.25, 0.3) is 0 Å². The van der Waals surface area contributed by atoms with Gasteiger partial charge in [0.05, 0.1) is 0 Å². The van der Waals surface area contributed by atoms with E-state index in [1.807, 2.05) is 17.8 Å². The third-order valence-electron chi connectivity index (χ3n) is 3.72. The van der Waals surface area contributed by atoms with Crippen molar-refractivity contribution in [3.63, 3.8) is 0 Å². The van der Waals surface area contributed by atoms with Crippen LogP contribution in [-0.2, 0) is 5.41 Å². The van der Waals surface area contributed by atoms with Crippen LogP contribution in [0, 0.1) is 0 Å². The Bertz CT molecular complexity index is 388. The second-order valence-electron chi connectivity index (χ2n) is 4.74. The molecule has 18 heavy (non-hydrogen) atoms. The molecule has 0 spiro atoms. The molecular formula is C14H19NO2S. The minimum atomic E-state index is -0.927. The van der Waals surface area contributed by atoms with E-state index in [4.69, 9.17) is 5.11 Å². The maximum Gasteiger partial charge on any atom is 0.404 e. The highest BCUT2D eigenvalue weighted by Gasteiger charge is 2.33.